The number of ether oxygens (including phenoxy) is 3. The lowest BCUT2D eigenvalue weighted by Gasteiger charge is -2.29. The number of hydrogen-bond donors (Lipinski definition) is 1. The smallest absolute Gasteiger partial charge is 0.142 e. The number of piperidine rings is 1. The molecular weight excluding hydrogens is 709 g/mol. The van der Waals surface area contributed by atoms with Crippen LogP contribution in [-0.2, 0) is 26.3 Å². The van der Waals surface area contributed by atoms with Crippen LogP contribution in [0.25, 0.3) is 11.1 Å². The first kappa shape index (κ1) is 36.8. The Labute approximate surface area is 320 Å². The minimum absolute atomic E-state index is 0.215. The number of likely N-dealkylation sites (tertiary alicyclic amines) is 1. The molecule has 274 valence electrons. The molecule has 7 rings (SSSR count). The van der Waals surface area contributed by atoms with Crippen molar-refractivity contribution in [3.8, 4) is 34.4 Å². The number of rotatable bonds is 15. The van der Waals surface area contributed by atoms with E-state index >= 15 is 0 Å². The van der Waals surface area contributed by atoms with Crippen LogP contribution in [0.5, 0.6) is 17.2 Å². The standard InChI is InChI=1S/C42H43Cl2N5O4/c1-27-32(7-3-8-35(27)36-9-4-10-38(42(36)44)50-24-28-6-5-13-49(2)23-28)26-52-41-17-39(51-25-30-14-29(18-45)19-46-20-30)33(15-37(41)43)21-47-22-34-16-40(53-48-34)31-11-12-31/h3-4,7-10,14-17,19-20,28,31,47H,5-6,11-13,21-26H2,1-2H3. The zero-order valence-electron chi connectivity index (χ0n) is 30.0. The maximum absolute atomic E-state index is 9.34. The average molecular weight is 753 g/mol. The lowest BCUT2D eigenvalue weighted by molar-refractivity contribution is 0.150. The van der Waals surface area contributed by atoms with Gasteiger partial charge in [-0.05, 0) is 81.1 Å². The summed E-state index contributed by atoms with van der Waals surface area (Å²) in [6, 6.07) is 21.7. The van der Waals surface area contributed by atoms with Gasteiger partial charge in [-0.25, -0.2) is 0 Å². The average Bonchev–Trinajstić information content (AvgIpc) is 3.91. The fraction of sp³-hybridized carbons (Fsp3) is 0.357. The lowest BCUT2D eigenvalue weighted by Crippen LogP contribution is -2.34. The number of nitrogens with one attached hydrogen (secondary N) is 1. The van der Waals surface area contributed by atoms with Gasteiger partial charge < -0.3 is 29.0 Å². The van der Waals surface area contributed by atoms with Crippen molar-refractivity contribution < 1.29 is 18.7 Å². The molecule has 1 saturated heterocycles. The van der Waals surface area contributed by atoms with Gasteiger partial charge in [0.25, 0.3) is 0 Å². The van der Waals surface area contributed by atoms with Crippen LogP contribution in [0.1, 0.15) is 70.9 Å². The summed E-state index contributed by atoms with van der Waals surface area (Å²) >= 11 is 13.8. The number of nitrogens with zero attached hydrogens (tertiary/aromatic N) is 4. The van der Waals surface area contributed by atoms with E-state index < -0.39 is 0 Å². The Bertz CT molecular complexity index is 2090. The predicted octanol–water partition coefficient (Wildman–Crippen LogP) is 9.27. The molecule has 0 amide bonds. The van der Waals surface area contributed by atoms with Crippen molar-refractivity contribution in [2.75, 3.05) is 26.7 Å². The third-order valence-corrected chi connectivity index (χ3v) is 10.6. The minimum Gasteiger partial charge on any atom is -0.492 e. The second kappa shape index (κ2) is 17.0. The summed E-state index contributed by atoms with van der Waals surface area (Å²) in [7, 11) is 2.16. The Balaban J connectivity index is 1.06. The predicted molar refractivity (Wildman–Crippen MR) is 205 cm³/mol. The Morgan fingerprint density at radius 2 is 1.74 bits per heavy atom. The Morgan fingerprint density at radius 1 is 0.906 bits per heavy atom. The second-order valence-electron chi connectivity index (χ2n) is 14.0. The Kier molecular flexibility index (Phi) is 11.8. The van der Waals surface area contributed by atoms with Crippen LogP contribution in [0.2, 0.25) is 10.0 Å². The summed E-state index contributed by atoms with van der Waals surface area (Å²) in [5.41, 5.74) is 6.93. The van der Waals surface area contributed by atoms with E-state index in [2.05, 4.69) is 46.5 Å². The number of nitriles is 1. The second-order valence-corrected chi connectivity index (χ2v) is 14.8. The molecular formula is C42H43Cl2N5O4. The van der Waals surface area contributed by atoms with Crippen LogP contribution in [0.4, 0.5) is 0 Å². The fourth-order valence-corrected chi connectivity index (χ4v) is 7.30. The third-order valence-electron chi connectivity index (χ3n) is 9.89. The normalized spacial score (nSPS) is 15.9. The molecule has 11 heteroatoms. The third kappa shape index (κ3) is 9.32. The lowest BCUT2D eigenvalue weighted by atomic mass is 9.96. The molecule has 3 aromatic carbocycles. The topological polar surface area (TPSA) is 106 Å². The van der Waals surface area contributed by atoms with Crippen molar-refractivity contribution in [3.63, 3.8) is 0 Å². The molecule has 1 N–H and O–H groups in total. The van der Waals surface area contributed by atoms with Gasteiger partial charge in [0, 0.05) is 72.7 Å². The van der Waals surface area contributed by atoms with Crippen LogP contribution in [0, 0.1) is 24.2 Å². The van der Waals surface area contributed by atoms with Gasteiger partial charge in [-0.1, -0.05) is 58.7 Å². The van der Waals surface area contributed by atoms with Gasteiger partial charge in [0.15, 0.2) is 0 Å². The number of hydrogen-bond acceptors (Lipinski definition) is 9. The molecule has 0 spiro atoms. The number of halogens is 2. The number of benzene rings is 3. The number of pyridine rings is 1. The maximum Gasteiger partial charge on any atom is 0.142 e. The molecule has 1 unspecified atom stereocenters. The summed E-state index contributed by atoms with van der Waals surface area (Å²) in [6.07, 6.45) is 7.88. The highest BCUT2D eigenvalue weighted by Crippen LogP contribution is 2.41. The Hall–Kier alpha value is -4.59. The molecule has 2 aromatic heterocycles. The minimum atomic E-state index is 0.215. The molecule has 53 heavy (non-hydrogen) atoms. The van der Waals surface area contributed by atoms with Crippen LogP contribution < -0.4 is 19.5 Å². The molecule has 5 aromatic rings. The van der Waals surface area contributed by atoms with Crippen LogP contribution in [0.15, 0.2) is 77.6 Å². The van der Waals surface area contributed by atoms with E-state index in [-0.39, 0.29) is 13.2 Å². The molecule has 3 heterocycles. The zero-order chi connectivity index (χ0) is 36.7. The monoisotopic (exact) mass is 751 g/mol. The highest BCUT2D eigenvalue weighted by Gasteiger charge is 2.28. The highest BCUT2D eigenvalue weighted by molar-refractivity contribution is 6.35. The van der Waals surface area contributed by atoms with Gasteiger partial charge in [-0.15, -0.1) is 0 Å². The van der Waals surface area contributed by atoms with Gasteiger partial charge >= 0.3 is 0 Å². The van der Waals surface area contributed by atoms with E-state index in [9.17, 15) is 5.26 Å². The first-order valence-corrected chi connectivity index (χ1v) is 18.9. The first-order chi connectivity index (χ1) is 25.8. The zero-order valence-corrected chi connectivity index (χ0v) is 31.6. The van der Waals surface area contributed by atoms with Crippen molar-refractivity contribution in [1.29, 1.82) is 5.26 Å². The molecule has 1 atom stereocenters. The molecule has 1 aliphatic heterocycles. The summed E-state index contributed by atoms with van der Waals surface area (Å²) in [4.78, 5) is 6.53. The van der Waals surface area contributed by atoms with E-state index in [1.807, 2.05) is 48.5 Å². The van der Waals surface area contributed by atoms with Crippen molar-refractivity contribution in [3.05, 3.63) is 122 Å². The highest BCUT2D eigenvalue weighted by atomic mass is 35.5. The van der Waals surface area contributed by atoms with E-state index in [0.29, 0.717) is 64.4 Å². The van der Waals surface area contributed by atoms with Gasteiger partial charge in [0.2, 0.25) is 0 Å². The van der Waals surface area contributed by atoms with Crippen molar-refractivity contribution in [2.45, 2.75) is 64.8 Å². The van der Waals surface area contributed by atoms with Crippen LogP contribution >= 0.6 is 23.2 Å². The van der Waals surface area contributed by atoms with Crippen molar-refractivity contribution >= 4 is 23.2 Å². The van der Waals surface area contributed by atoms with Crippen LogP contribution in [-0.4, -0.2) is 41.8 Å². The first-order valence-electron chi connectivity index (χ1n) is 18.1. The largest absolute Gasteiger partial charge is 0.492 e. The van der Waals surface area contributed by atoms with Gasteiger partial charge in [0.05, 0.1) is 27.9 Å². The van der Waals surface area contributed by atoms with E-state index in [0.717, 1.165) is 70.8 Å². The number of aromatic nitrogens is 2. The SMILES string of the molecule is Cc1c(COc2cc(OCc3cncc(C#N)c3)c(CNCc3cc(C4CC4)on3)cc2Cl)cccc1-c1cccc(OCC2CCCN(C)C2)c1Cl. The van der Waals surface area contributed by atoms with E-state index in [1.165, 1.54) is 19.0 Å². The van der Waals surface area contributed by atoms with Gasteiger partial charge in [0.1, 0.15) is 42.3 Å². The molecule has 2 aliphatic rings. The van der Waals surface area contributed by atoms with Gasteiger partial charge in [-0.2, -0.15) is 5.26 Å². The summed E-state index contributed by atoms with van der Waals surface area (Å²) < 4.78 is 24.5. The van der Waals surface area contributed by atoms with Crippen LogP contribution in [0.3, 0.4) is 0 Å². The molecule has 0 radical (unpaired) electrons. The Morgan fingerprint density at radius 3 is 2.57 bits per heavy atom. The molecule has 1 saturated carbocycles. The quantitative estimate of drug-likeness (QED) is 0.112. The van der Waals surface area contributed by atoms with Crippen molar-refractivity contribution in [2.24, 2.45) is 5.92 Å². The van der Waals surface area contributed by atoms with E-state index in [4.69, 9.17) is 41.9 Å². The molecule has 9 nitrogen and oxygen atoms in total. The fourth-order valence-electron chi connectivity index (χ4n) is 6.78. The molecule has 0 bridgehead atoms. The molecule has 1 aliphatic carbocycles. The van der Waals surface area contributed by atoms with Gasteiger partial charge in [-0.3, -0.25) is 4.98 Å². The van der Waals surface area contributed by atoms with Crippen molar-refractivity contribution in [1.82, 2.24) is 20.4 Å². The summed E-state index contributed by atoms with van der Waals surface area (Å²) in [5.74, 6) is 3.74. The maximum atomic E-state index is 9.34. The summed E-state index contributed by atoms with van der Waals surface area (Å²) in [5, 5.41) is 18.1. The van der Waals surface area contributed by atoms with E-state index in [1.54, 1.807) is 12.3 Å². The molecule has 2 fully saturated rings. The summed E-state index contributed by atoms with van der Waals surface area (Å²) in [6.45, 7) is 6.40.